The van der Waals surface area contributed by atoms with Gasteiger partial charge < -0.3 is 24.8 Å². The van der Waals surface area contributed by atoms with Crippen LogP contribution in [0.4, 0.5) is 0 Å². The van der Waals surface area contributed by atoms with Crippen molar-refractivity contribution in [2.75, 3.05) is 13.2 Å². The average Bonchev–Trinajstić information content (AvgIpc) is 3.03. The molecule has 7 nitrogen and oxygen atoms in total. The highest BCUT2D eigenvalue weighted by Crippen LogP contribution is 2.13. The van der Waals surface area contributed by atoms with Gasteiger partial charge in [-0.1, -0.05) is 133 Å². The summed E-state index contributed by atoms with van der Waals surface area (Å²) in [6.07, 6.45) is 33.4. The van der Waals surface area contributed by atoms with E-state index in [0.717, 1.165) is 44.9 Å². The van der Waals surface area contributed by atoms with E-state index in [1.165, 1.54) is 57.8 Å². The lowest BCUT2D eigenvalue weighted by Crippen LogP contribution is -2.29. The van der Waals surface area contributed by atoms with Gasteiger partial charge in [0.25, 0.3) is 0 Å². The summed E-state index contributed by atoms with van der Waals surface area (Å²) in [5, 5.41) is 29.9. The first-order valence-electron chi connectivity index (χ1n) is 17.9. The van der Waals surface area contributed by atoms with E-state index in [0.29, 0.717) is 19.3 Å². The van der Waals surface area contributed by atoms with Crippen molar-refractivity contribution in [1.82, 2.24) is 0 Å². The minimum absolute atomic E-state index is 0.0387. The van der Waals surface area contributed by atoms with Crippen molar-refractivity contribution < 1.29 is 34.4 Å². The number of rotatable bonds is 31. The molecule has 0 unspecified atom stereocenters. The molecule has 0 spiro atoms. The maximum absolute atomic E-state index is 12.2. The molecule has 45 heavy (non-hydrogen) atoms. The first-order valence-corrected chi connectivity index (χ1v) is 17.9. The largest absolute Gasteiger partial charge is 0.462 e. The van der Waals surface area contributed by atoms with Crippen LogP contribution in [0.2, 0.25) is 0 Å². The van der Waals surface area contributed by atoms with E-state index < -0.39 is 30.9 Å². The Hall–Kier alpha value is -2.22. The number of esters is 2. The minimum Gasteiger partial charge on any atom is -0.462 e. The van der Waals surface area contributed by atoms with Crippen LogP contribution in [0.15, 0.2) is 48.6 Å². The van der Waals surface area contributed by atoms with E-state index in [9.17, 15) is 24.9 Å². The van der Waals surface area contributed by atoms with Crippen molar-refractivity contribution in [2.45, 2.75) is 167 Å². The Bertz CT molecular complexity index is 802. The lowest BCUT2D eigenvalue weighted by atomic mass is 10.0. The normalized spacial score (nSPS) is 14.2. The van der Waals surface area contributed by atoms with Gasteiger partial charge in [0.05, 0.1) is 18.8 Å². The van der Waals surface area contributed by atoms with Gasteiger partial charge in [0.2, 0.25) is 0 Å². The van der Waals surface area contributed by atoms with E-state index in [-0.39, 0.29) is 25.4 Å². The molecular formula is C38H66O7. The number of ether oxygens (including phenoxy) is 2. The Kier molecular flexibility index (Phi) is 31.5. The number of hydrogen-bond donors (Lipinski definition) is 3. The smallest absolute Gasteiger partial charge is 0.306 e. The number of allylic oxidation sites excluding steroid dienone is 7. The third-order valence-corrected chi connectivity index (χ3v) is 7.59. The maximum atomic E-state index is 12.2. The van der Waals surface area contributed by atoms with E-state index in [4.69, 9.17) is 9.47 Å². The molecular weight excluding hydrogens is 568 g/mol. The van der Waals surface area contributed by atoms with Crippen molar-refractivity contribution >= 4 is 11.9 Å². The summed E-state index contributed by atoms with van der Waals surface area (Å²) in [6.45, 7) is 3.75. The number of unbranched alkanes of at least 4 members (excludes halogenated alkanes) is 11. The van der Waals surface area contributed by atoms with Gasteiger partial charge in [-0.3, -0.25) is 9.59 Å². The topological polar surface area (TPSA) is 113 Å². The average molecular weight is 635 g/mol. The fourth-order valence-corrected chi connectivity index (χ4v) is 4.76. The van der Waals surface area contributed by atoms with Crippen LogP contribution in [0.25, 0.3) is 0 Å². The van der Waals surface area contributed by atoms with E-state index in [1.807, 2.05) is 12.2 Å². The van der Waals surface area contributed by atoms with Gasteiger partial charge in [0, 0.05) is 12.8 Å². The molecule has 260 valence electrons. The van der Waals surface area contributed by atoms with E-state index in [1.54, 1.807) is 0 Å². The van der Waals surface area contributed by atoms with Gasteiger partial charge in [0.1, 0.15) is 6.61 Å². The van der Waals surface area contributed by atoms with Gasteiger partial charge in [-0.2, -0.15) is 0 Å². The summed E-state index contributed by atoms with van der Waals surface area (Å²) in [7, 11) is 0. The van der Waals surface area contributed by atoms with Crippen LogP contribution in [0.3, 0.4) is 0 Å². The van der Waals surface area contributed by atoms with Gasteiger partial charge in [-0.25, -0.2) is 0 Å². The predicted octanol–water partition coefficient (Wildman–Crippen LogP) is 8.61. The summed E-state index contributed by atoms with van der Waals surface area (Å²) < 4.78 is 10.4. The highest BCUT2D eigenvalue weighted by molar-refractivity contribution is 5.70. The molecule has 0 aliphatic carbocycles. The molecule has 0 saturated heterocycles. The van der Waals surface area contributed by atoms with Crippen LogP contribution in [-0.4, -0.2) is 58.8 Å². The monoisotopic (exact) mass is 634 g/mol. The Balaban J connectivity index is 3.87. The second-order valence-electron chi connectivity index (χ2n) is 11.9. The standard InChI is InChI=1S/C38H66O7/c1-3-5-7-9-11-13-15-17-19-21-23-25-28-35(40)36(41)29-27-31-38(43)45-34(32-39)33-44-37(42)30-26-24-22-20-18-16-14-12-10-8-6-4-2/h5,7,11,13,17,19,23,25,34-36,39-41H,3-4,6,8-10,12,14-16,18,20-22,24,26-33H2,1-2H3/b7-5-,13-11-,19-17-,25-23-/t34-,35+,36+/m0/s1. The lowest BCUT2D eigenvalue weighted by molar-refractivity contribution is -0.161. The molecule has 0 radical (unpaired) electrons. The molecule has 0 bridgehead atoms. The van der Waals surface area contributed by atoms with Crippen molar-refractivity contribution in [3.8, 4) is 0 Å². The lowest BCUT2D eigenvalue weighted by Gasteiger charge is -2.17. The number of hydrogen-bond acceptors (Lipinski definition) is 7. The summed E-state index contributed by atoms with van der Waals surface area (Å²) in [5.74, 6) is -0.881. The van der Waals surface area contributed by atoms with Crippen molar-refractivity contribution in [3.63, 3.8) is 0 Å². The molecule has 0 heterocycles. The number of aliphatic hydroxyl groups excluding tert-OH is 3. The van der Waals surface area contributed by atoms with Crippen LogP contribution in [0, 0.1) is 0 Å². The minimum atomic E-state index is -0.945. The predicted molar refractivity (Wildman–Crippen MR) is 185 cm³/mol. The molecule has 0 fully saturated rings. The van der Waals surface area contributed by atoms with Crippen LogP contribution < -0.4 is 0 Å². The number of aliphatic hydroxyl groups is 3. The molecule has 0 aromatic rings. The molecule has 0 rings (SSSR count). The van der Waals surface area contributed by atoms with Gasteiger partial charge in [0.15, 0.2) is 6.10 Å². The summed E-state index contributed by atoms with van der Waals surface area (Å²) in [6, 6.07) is 0. The first-order chi connectivity index (χ1) is 21.9. The summed E-state index contributed by atoms with van der Waals surface area (Å²) >= 11 is 0. The third kappa shape index (κ3) is 30.2. The van der Waals surface area contributed by atoms with E-state index in [2.05, 4.69) is 50.3 Å². The maximum Gasteiger partial charge on any atom is 0.306 e. The number of carbonyl (C=O) groups excluding carboxylic acids is 2. The van der Waals surface area contributed by atoms with Crippen molar-refractivity contribution in [3.05, 3.63) is 48.6 Å². The Morgan fingerprint density at radius 2 is 1.09 bits per heavy atom. The molecule has 0 aromatic heterocycles. The highest BCUT2D eigenvalue weighted by Gasteiger charge is 2.18. The molecule has 7 heteroatoms. The number of carbonyl (C=O) groups is 2. The van der Waals surface area contributed by atoms with Crippen LogP contribution in [0.1, 0.15) is 149 Å². The van der Waals surface area contributed by atoms with Gasteiger partial charge >= 0.3 is 11.9 Å². The molecule has 3 atom stereocenters. The fraction of sp³-hybridized carbons (Fsp3) is 0.737. The molecule has 0 aliphatic heterocycles. The molecule has 0 amide bonds. The molecule has 3 N–H and O–H groups in total. The van der Waals surface area contributed by atoms with Gasteiger partial charge in [-0.05, 0) is 51.4 Å². The van der Waals surface area contributed by atoms with Gasteiger partial charge in [-0.15, -0.1) is 0 Å². The second-order valence-corrected chi connectivity index (χ2v) is 11.9. The van der Waals surface area contributed by atoms with Crippen molar-refractivity contribution in [1.29, 1.82) is 0 Å². The van der Waals surface area contributed by atoms with Crippen molar-refractivity contribution in [2.24, 2.45) is 0 Å². The van der Waals surface area contributed by atoms with E-state index >= 15 is 0 Å². The van der Waals surface area contributed by atoms with Crippen LogP contribution in [-0.2, 0) is 19.1 Å². The Morgan fingerprint density at radius 3 is 1.62 bits per heavy atom. The third-order valence-electron chi connectivity index (χ3n) is 7.59. The van der Waals surface area contributed by atoms with Crippen LogP contribution >= 0.6 is 0 Å². The zero-order chi connectivity index (χ0) is 33.2. The Morgan fingerprint density at radius 1 is 0.600 bits per heavy atom. The zero-order valence-electron chi connectivity index (χ0n) is 28.6. The van der Waals surface area contributed by atoms with Crippen LogP contribution in [0.5, 0.6) is 0 Å². The summed E-state index contributed by atoms with van der Waals surface area (Å²) in [4.78, 5) is 24.2. The molecule has 0 aromatic carbocycles. The second kappa shape index (κ2) is 33.2. The summed E-state index contributed by atoms with van der Waals surface area (Å²) in [5.41, 5.74) is 0. The quantitative estimate of drug-likeness (QED) is 0.0397. The highest BCUT2D eigenvalue weighted by atomic mass is 16.6. The zero-order valence-corrected chi connectivity index (χ0v) is 28.6. The molecule has 0 saturated carbocycles. The molecule has 0 aliphatic rings. The first kappa shape index (κ1) is 42.8. The SMILES string of the molecule is CC/C=C\C/C=C\C/C=C\C/C=C\C[C@@H](O)[C@H](O)CCCC(=O)O[C@@H](CO)COC(=O)CCCCCCCCCCCCCC. The Labute approximate surface area is 274 Å². The fourth-order valence-electron chi connectivity index (χ4n) is 4.76.